The number of aromatic amines is 3. The molecule has 3 aromatic heterocycles. The SMILES string of the molecule is CC(C)(O)c1ccccc1-c1ccc2nc([C@H]3C[C@@H]3c3ccc(C(F)(F)F)cc3)[nH]c2c1.CC(C)(O)c1ccccc1-c1ccc2nc([C@H]3C[C@H]3c3ccc(C(F)(F)F)cc3)[nH]c2c1.NS(=O)(=O)c1ccccc1-c1ccc2nc([C@H]3C[C@@H]3c3ccc(C(F)(F)F)cc3)[nH]c2c1. The molecular weight excluding hydrogens is 1270 g/mol. The molecule has 3 fully saturated rings. The van der Waals surface area contributed by atoms with Crippen molar-refractivity contribution in [3.8, 4) is 33.4 Å². The van der Waals surface area contributed by atoms with Crippen LogP contribution in [0.4, 0.5) is 39.5 Å². The highest BCUT2D eigenvalue weighted by Crippen LogP contribution is 2.57. The lowest BCUT2D eigenvalue weighted by molar-refractivity contribution is -0.138. The molecule has 21 heteroatoms. The summed E-state index contributed by atoms with van der Waals surface area (Å²) >= 11 is 0. The Labute approximate surface area is 546 Å². The molecule has 3 heterocycles. The lowest BCUT2D eigenvalue weighted by Gasteiger charge is -2.21. The Hall–Kier alpha value is -9.41. The van der Waals surface area contributed by atoms with Crippen LogP contribution in [0.2, 0.25) is 0 Å². The van der Waals surface area contributed by atoms with E-state index in [-0.39, 0.29) is 40.4 Å². The summed E-state index contributed by atoms with van der Waals surface area (Å²) in [6.45, 7) is 7.08. The normalized spacial score (nSPS) is 18.8. The predicted octanol–water partition coefficient (Wildman–Crippen LogP) is 18.7. The van der Waals surface area contributed by atoms with E-state index in [9.17, 15) is 58.1 Å². The van der Waals surface area contributed by atoms with E-state index in [2.05, 4.69) is 19.9 Å². The zero-order chi connectivity index (χ0) is 68.0. The molecule has 3 aliphatic carbocycles. The van der Waals surface area contributed by atoms with Gasteiger partial charge in [0.1, 0.15) is 17.5 Å². The third-order valence-electron chi connectivity index (χ3n) is 18.2. The maximum atomic E-state index is 12.8. The first-order valence-corrected chi connectivity index (χ1v) is 32.7. The minimum atomic E-state index is -4.35. The van der Waals surface area contributed by atoms with Crippen molar-refractivity contribution in [1.82, 2.24) is 29.9 Å². The third kappa shape index (κ3) is 13.8. The Kier molecular flexibility index (Phi) is 16.6. The third-order valence-corrected chi connectivity index (χ3v) is 19.2. The van der Waals surface area contributed by atoms with Crippen LogP contribution in [0.1, 0.15) is 144 Å². The number of halogens is 9. The fourth-order valence-corrected chi connectivity index (χ4v) is 13.7. The maximum absolute atomic E-state index is 12.8. The molecule has 11 nitrogen and oxygen atoms in total. The molecule has 9 aromatic carbocycles. The second kappa shape index (κ2) is 24.4. The van der Waals surface area contributed by atoms with E-state index in [4.69, 9.17) is 15.1 Å². The molecule has 96 heavy (non-hydrogen) atoms. The lowest BCUT2D eigenvalue weighted by atomic mass is 9.89. The number of aliphatic hydroxyl groups is 2. The minimum Gasteiger partial charge on any atom is -0.386 e. The first-order valence-electron chi connectivity index (χ1n) is 31.1. The number of aromatic nitrogens is 6. The molecular formula is C75H64F9N7O4S. The second-order valence-electron chi connectivity index (χ2n) is 26.0. The molecule has 7 N–H and O–H groups in total. The van der Waals surface area contributed by atoms with Crippen LogP contribution in [0, 0.1) is 0 Å². The first kappa shape index (κ1) is 65.3. The van der Waals surface area contributed by atoms with Gasteiger partial charge in [0.2, 0.25) is 10.0 Å². The summed E-state index contributed by atoms with van der Waals surface area (Å²) in [5.74, 6) is 3.39. The fourth-order valence-electron chi connectivity index (χ4n) is 13.0. The zero-order valence-corrected chi connectivity index (χ0v) is 52.9. The van der Waals surface area contributed by atoms with E-state index < -0.39 is 56.4 Å². The smallest absolute Gasteiger partial charge is 0.386 e. The first-order chi connectivity index (χ1) is 45.3. The summed E-state index contributed by atoms with van der Waals surface area (Å²) in [4.78, 5) is 24.2. The molecule has 15 rings (SSSR count). The molecule has 492 valence electrons. The van der Waals surface area contributed by atoms with Gasteiger partial charge in [-0.25, -0.2) is 28.5 Å². The van der Waals surface area contributed by atoms with Gasteiger partial charge < -0.3 is 25.2 Å². The number of imidazole rings is 3. The zero-order valence-electron chi connectivity index (χ0n) is 52.1. The van der Waals surface area contributed by atoms with Crippen LogP contribution in [-0.4, -0.2) is 48.5 Å². The molecule has 0 aliphatic heterocycles. The largest absolute Gasteiger partial charge is 0.416 e. The van der Waals surface area contributed by atoms with Crippen LogP contribution in [0.5, 0.6) is 0 Å². The number of benzene rings is 9. The summed E-state index contributed by atoms with van der Waals surface area (Å²) in [6.07, 6.45) is -10.5. The highest BCUT2D eigenvalue weighted by atomic mass is 32.2. The standard InChI is InChI=1S/2C26H23F3N2O.C23H18F3N3O2S/c2*1-25(2,32)21-6-4-3-5-18(21)16-9-12-22-23(13-16)31-24(30-22)20-14-19(20)15-7-10-17(11-8-15)26(27,28)29;24-23(25,26)15-8-5-13(6-9-15)17-12-18(17)22-28-19-10-7-14(11-20(19)29-22)16-3-1-2-4-21(16)32(27,30)31/h2*3-13,19-20,32H,14H2,1-2H3,(H,30,31);1-11,17-18H,12H2,(H,28,29)(H2,27,30,31)/t19-,20+;19-,20-;17-,18+/m101/s1. The van der Waals surface area contributed by atoms with Gasteiger partial charge in [0.15, 0.2) is 0 Å². The summed E-state index contributed by atoms with van der Waals surface area (Å²) < 4.78 is 139. The summed E-state index contributed by atoms with van der Waals surface area (Å²) in [5.41, 5.74) is 10.6. The van der Waals surface area contributed by atoms with Crippen molar-refractivity contribution in [3.63, 3.8) is 0 Å². The van der Waals surface area contributed by atoms with Crippen LogP contribution < -0.4 is 5.14 Å². The Morgan fingerprint density at radius 3 is 0.958 bits per heavy atom. The van der Waals surface area contributed by atoms with Gasteiger partial charge in [0.05, 0.1) is 65.9 Å². The highest BCUT2D eigenvalue weighted by Gasteiger charge is 2.45. The molecule has 0 bridgehead atoms. The van der Waals surface area contributed by atoms with Crippen LogP contribution in [-0.2, 0) is 39.8 Å². The van der Waals surface area contributed by atoms with E-state index in [0.717, 1.165) is 156 Å². The van der Waals surface area contributed by atoms with Crippen molar-refractivity contribution in [1.29, 1.82) is 0 Å². The van der Waals surface area contributed by atoms with E-state index in [1.165, 1.54) is 18.2 Å². The number of hydrogen-bond donors (Lipinski definition) is 6. The van der Waals surface area contributed by atoms with E-state index >= 15 is 0 Å². The number of rotatable bonds is 12. The average Bonchev–Trinajstić information content (AvgIpc) is 1.59. The van der Waals surface area contributed by atoms with Gasteiger partial charge in [-0.2, -0.15) is 39.5 Å². The number of sulfonamides is 1. The molecule has 3 saturated carbocycles. The predicted molar refractivity (Wildman–Crippen MR) is 351 cm³/mol. The molecule has 0 unspecified atom stereocenters. The van der Waals surface area contributed by atoms with Crippen LogP contribution in [0.25, 0.3) is 66.5 Å². The fraction of sp³-hybridized carbons (Fsp3) is 0.240. The van der Waals surface area contributed by atoms with Crippen molar-refractivity contribution in [3.05, 3.63) is 262 Å². The number of primary sulfonamides is 1. The molecule has 0 spiro atoms. The number of fused-ring (bicyclic) bond motifs is 3. The van der Waals surface area contributed by atoms with Crippen molar-refractivity contribution >= 4 is 43.1 Å². The molecule has 6 atom stereocenters. The van der Waals surface area contributed by atoms with Gasteiger partial charge in [-0.15, -0.1) is 0 Å². The molecule has 0 radical (unpaired) electrons. The Morgan fingerprint density at radius 1 is 0.385 bits per heavy atom. The summed E-state index contributed by atoms with van der Waals surface area (Å²) in [7, 11) is -3.88. The molecule has 0 saturated heterocycles. The maximum Gasteiger partial charge on any atom is 0.416 e. The highest BCUT2D eigenvalue weighted by molar-refractivity contribution is 7.89. The number of hydrogen-bond acceptors (Lipinski definition) is 7. The second-order valence-corrected chi connectivity index (χ2v) is 27.5. The van der Waals surface area contributed by atoms with Crippen molar-refractivity contribution in [2.24, 2.45) is 5.14 Å². The van der Waals surface area contributed by atoms with E-state index in [0.29, 0.717) is 11.1 Å². The van der Waals surface area contributed by atoms with Gasteiger partial charge >= 0.3 is 18.5 Å². The van der Waals surface area contributed by atoms with E-state index in [1.807, 2.05) is 91.0 Å². The Balaban J connectivity index is 0.000000130. The van der Waals surface area contributed by atoms with Crippen molar-refractivity contribution in [2.45, 2.75) is 117 Å². The quantitative estimate of drug-likeness (QED) is 0.0657. The molecule has 0 amide bonds. The van der Waals surface area contributed by atoms with Gasteiger partial charge in [-0.05, 0) is 199 Å². The van der Waals surface area contributed by atoms with Crippen LogP contribution >= 0.6 is 0 Å². The number of nitrogens with two attached hydrogens (primary N) is 1. The lowest BCUT2D eigenvalue weighted by Crippen LogP contribution is -2.16. The van der Waals surface area contributed by atoms with Gasteiger partial charge in [-0.1, -0.05) is 121 Å². The van der Waals surface area contributed by atoms with Crippen LogP contribution in [0.3, 0.4) is 0 Å². The van der Waals surface area contributed by atoms with Crippen molar-refractivity contribution < 1.29 is 58.1 Å². The summed E-state index contributed by atoms with van der Waals surface area (Å²) in [5, 5.41) is 26.4. The van der Waals surface area contributed by atoms with E-state index in [1.54, 1.807) is 82.3 Å². The Morgan fingerprint density at radius 2 is 0.667 bits per heavy atom. The monoisotopic (exact) mass is 1330 g/mol. The number of nitrogens with one attached hydrogen (secondary N) is 3. The number of alkyl halides is 9. The molecule has 12 aromatic rings. The summed E-state index contributed by atoms with van der Waals surface area (Å²) in [6, 6.07) is 55.6. The average molecular weight is 1330 g/mol. The van der Waals surface area contributed by atoms with Gasteiger partial charge in [-0.3, -0.25) is 0 Å². The Bertz CT molecular complexity index is 4790. The minimum absolute atomic E-state index is 0.0450. The van der Waals surface area contributed by atoms with Gasteiger partial charge in [0.25, 0.3) is 0 Å². The van der Waals surface area contributed by atoms with Gasteiger partial charge in [0, 0.05) is 23.3 Å². The number of nitrogens with zero attached hydrogens (tertiary/aromatic N) is 3. The number of H-pyrrole nitrogens is 3. The topological polar surface area (TPSA) is 187 Å². The molecule has 3 aliphatic rings. The van der Waals surface area contributed by atoms with Crippen molar-refractivity contribution in [2.75, 3.05) is 0 Å². The van der Waals surface area contributed by atoms with Crippen LogP contribution in [0.15, 0.2) is 205 Å².